The van der Waals surface area contributed by atoms with Crippen molar-refractivity contribution < 1.29 is 4.52 Å². The largest absolute Gasteiger partial charge is 0.334 e. The summed E-state index contributed by atoms with van der Waals surface area (Å²) in [4.78, 5) is 4.31. The van der Waals surface area contributed by atoms with Crippen molar-refractivity contribution in [2.24, 2.45) is 5.73 Å². The average Bonchev–Trinajstić information content (AvgIpc) is 2.79. The lowest BCUT2D eigenvalue weighted by atomic mass is 10.00. The zero-order valence-corrected chi connectivity index (χ0v) is 12.4. The lowest BCUT2D eigenvalue weighted by Crippen LogP contribution is -2.33. The molecule has 2 N–H and O–H groups in total. The van der Waals surface area contributed by atoms with Gasteiger partial charge in [-0.25, -0.2) is 0 Å². The van der Waals surface area contributed by atoms with Crippen LogP contribution in [0.5, 0.6) is 0 Å². The van der Waals surface area contributed by atoms with Gasteiger partial charge in [0.1, 0.15) is 0 Å². The summed E-state index contributed by atoms with van der Waals surface area (Å²) in [5.41, 5.74) is 6.17. The van der Waals surface area contributed by atoms with Crippen LogP contribution in [0.3, 0.4) is 0 Å². The lowest BCUT2D eigenvalue weighted by molar-refractivity contribution is 0.379. The van der Waals surface area contributed by atoms with E-state index in [1.807, 2.05) is 26.0 Å². The predicted octanol–water partition coefficient (Wildman–Crippen LogP) is 3.74. The molecule has 18 heavy (non-hydrogen) atoms. The highest BCUT2D eigenvalue weighted by atomic mass is 79.9. The van der Waals surface area contributed by atoms with Gasteiger partial charge < -0.3 is 10.3 Å². The van der Waals surface area contributed by atoms with E-state index >= 15 is 0 Å². The number of hydrogen-bond acceptors (Lipinski definition) is 4. The molecule has 1 aromatic heterocycles. The second-order valence-corrected chi connectivity index (χ2v) is 5.64. The Labute approximate surface area is 119 Å². The first-order chi connectivity index (χ1) is 8.44. The maximum atomic E-state index is 6.13. The number of rotatable bonds is 3. The molecule has 6 heteroatoms. The summed E-state index contributed by atoms with van der Waals surface area (Å²) in [6.45, 7) is 3.84. The van der Waals surface area contributed by atoms with Crippen LogP contribution in [-0.4, -0.2) is 10.1 Å². The molecule has 1 heterocycles. The monoisotopic (exact) mass is 329 g/mol. The number of hydrogen-bond donors (Lipinski definition) is 1. The fraction of sp³-hybridized carbons (Fsp3) is 0.333. The first kappa shape index (κ1) is 13.5. The first-order valence-electron chi connectivity index (χ1n) is 5.52. The molecule has 0 saturated heterocycles. The van der Waals surface area contributed by atoms with Crippen LogP contribution in [0.25, 0.3) is 11.5 Å². The summed E-state index contributed by atoms with van der Waals surface area (Å²) < 4.78 is 6.12. The van der Waals surface area contributed by atoms with Crippen LogP contribution in [0, 0.1) is 0 Å². The Hall–Kier alpha value is -0.910. The molecule has 0 radical (unpaired) electrons. The van der Waals surface area contributed by atoms with Gasteiger partial charge in [0.05, 0.1) is 16.1 Å². The summed E-state index contributed by atoms with van der Waals surface area (Å²) in [6.07, 6.45) is 0.722. The Morgan fingerprint density at radius 3 is 2.83 bits per heavy atom. The van der Waals surface area contributed by atoms with Gasteiger partial charge in [-0.05, 0) is 31.5 Å². The second kappa shape index (κ2) is 4.99. The highest BCUT2D eigenvalue weighted by Gasteiger charge is 2.26. The maximum absolute atomic E-state index is 6.13. The Morgan fingerprint density at radius 1 is 1.50 bits per heavy atom. The van der Waals surface area contributed by atoms with Gasteiger partial charge in [0.25, 0.3) is 5.89 Å². The van der Waals surface area contributed by atoms with Crippen molar-refractivity contribution in [1.82, 2.24) is 10.1 Å². The van der Waals surface area contributed by atoms with Gasteiger partial charge >= 0.3 is 0 Å². The molecule has 0 fully saturated rings. The zero-order valence-electron chi connectivity index (χ0n) is 10.1. The Kier molecular flexibility index (Phi) is 3.75. The van der Waals surface area contributed by atoms with Crippen LogP contribution in [-0.2, 0) is 5.54 Å². The standard InChI is InChI=1S/C12H13BrClN3O/c1-3-12(2,15)11-16-10(18-17-11)8-5-4-7(13)6-9(8)14/h4-6H,3,15H2,1-2H3. The molecule has 2 rings (SSSR count). The van der Waals surface area contributed by atoms with Crippen molar-refractivity contribution in [3.8, 4) is 11.5 Å². The zero-order chi connectivity index (χ0) is 13.3. The smallest absolute Gasteiger partial charge is 0.259 e. The first-order valence-corrected chi connectivity index (χ1v) is 6.69. The summed E-state index contributed by atoms with van der Waals surface area (Å²) in [7, 11) is 0. The highest BCUT2D eigenvalue weighted by Crippen LogP contribution is 2.30. The van der Waals surface area contributed by atoms with E-state index in [4.69, 9.17) is 21.9 Å². The molecule has 0 bridgehead atoms. The van der Waals surface area contributed by atoms with Crippen molar-refractivity contribution in [2.75, 3.05) is 0 Å². The van der Waals surface area contributed by atoms with E-state index in [2.05, 4.69) is 26.1 Å². The van der Waals surface area contributed by atoms with Gasteiger partial charge in [-0.3, -0.25) is 0 Å². The molecule has 1 atom stereocenters. The molecular weight excluding hydrogens is 318 g/mol. The van der Waals surface area contributed by atoms with E-state index in [0.717, 1.165) is 10.9 Å². The molecule has 1 aromatic carbocycles. The SMILES string of the molecule is CCC(C)(N)c1noc(-c2ccc(Br)cc2Cl)n1. The molecule has 0 spiro atoms. The quantitative estimate of drug-likeness (QED) is 0.931. The van der Waals surface area contributed by atoms with Gasteiger partial charge in [0, 0.05) is 4.47 Å². The lowest BCUT2D eigenvalue weighted by Gasteiger charge is -2.16. The van der Waals surface area contributed by atoms with Crippen LogP contribution in [0.2, 0.25) is 5.02 Å². The molecule has 0 aliphatic rings. The van der Waals surface area contributed by atoms with Crippen LogP contribution in [0.4, 0.5) is 0 Å². The normalized spacial score (nSPS) is 14.5. The third kappa shape index (κ3) is 2.58. The van der Waals surface area contributed by atoms with Crippen LogP contribution >= 0.6 is 27.5 Å². The predicted molar refractivity (Wildman–Crippen MR) is 74.3 cm³/mol. The second-order valence-electron chi connectivity index (χ2n) is 4.32. The molecule has 0 amide bonds. The summed E-state index contributed by atoms with van der Waals surface area (Å²) in [6, 6.07) is 5.47. The average molecular weight is 331 g/mol. The van der Waals surface area contributed by atoms with Gasteiger partial charge in [-0.2, -0.15) is 4.98 Å². The minimum Gasteiger partial charge on any atom is -0.334 e. The topological polar surface area (TPSA) is 64.9 Å². The summed E-state index contributed by atoms with van der Waals surface area (Å²) in [5.74, 6) is 0.867. The Bertz CT molecular complexity index is 568. The van der Waals surface area contributed by atoms with Crippen molar-refractivity contribution in [3.63, 3.8) is 0 Å². The number of aromatic nitrogens is 2. The van der Waals surface area contributed by atoms with Crippen molar-refractivity contribution in [2.45, 2.75) is 25.8 Å². The summed E-state index contributed by atoms with van der Waals surface area (Å²) in [5, 5.41) is 4.47. The van der Waals surface area contributed by atoms with E-state index in [-0.39, 0.29) is 0 Å². The van der Waals surface area contributed by atoms with E-state index in [1.54, 1.807) is 6.07 Å². The van der Waals surface area contributed by atoms with Crippen molar-refractivity contribution in [1.29, 1.82) is 0 Å². The minimum absolute atomic E-state index is 0.382. The maximum Gasteiger partial charge on any atom is 0.259 e. The fourth-order valence-electron chi connectivity index (χ4n) is 1.39. The molecule has 0 saturated carbocycles. The van der Waals surface area contributed by atoms with E-state index in [0.29, 0.717) is 22.3 Å². The number of nitrogens with two attached hydrogens (primary N) is 1. The van der Waals surface area contributed by atoms with Gasteiger partial charge in [-0.15, -0.1) is 0 Å². The van der Waals surface area contributed by atoms with Crippen molar-refractivity contribution >= 4 is 27.5 Å². The van der Waals surface area contributed by atoms with Crippen LogP contribution < -0.4 is 5.73 Å². The Balaban J connectivity index is 2.41. The molecule has 1 unspecified atom stereocenters. The summed E-state index contributed by atoms with van der Waals surface area (Å²) >= 11 is 9.48. The molecule has 96 valence electrons. The number of halogens is 2. The van der Waals surface area contributed by atoms with E-state index in [9.17, 15) is 0 Å². The number of benzene rings is 1. The third-order valence-electron chi connectivity index (χ3n) is 2.83. The molecule has 4 nitrogen and oxygen atoms in total. The van der Waals surface area contributed by atoms with Gasteiger partial charge in [0.2, 0.25) is 0 Å². The minimum atomic E-state index is -0.594. The molecular formula is C12H13BrClN3O. The van der Waals surface area contributed by atoms with Gasteiger partial charge in [0.15, 0.2) is 5.82 Å². The molecule has 2 aromatic rings. The van der Waals surface area contributed by atoms with Gasteiger partial charge in [-0.1, -0.05) is 39.6 Å². The van der Waals surface area contributed by atoms with Crippen LogP contribution in [0.1, 0.15) is 26.1 Å². The van der Waals surface area contributed by atoms with E-state index in [1.165, 1.54) is 0 Å². The van der Waals surface area contributed by atoms with Crippen LogP contribution in [0.15, 0.2) is 27.2 Å². The molecule has 0 aliphatic heterocycles. The fourth-order valence-corrected chi connectivity index (χ4v) is 2.14. The highest BCUT2D eigenvalue weighted by molar-refractivity contribution is 9.10. The van der Waals surface area contributed by atoms with Crippen molar-refractivity contribution in [3.05, 3.63) is 33.5 Å². The third-order valence-corrected chi connectivity index (χ3v) is 3.64. The molecule has 0 aliphatic carbocycles. The van der Waals surface area contributed by atoms with E-state index < -0.39 is 5.54 Å². The Morgan fingerprint density at radius 2 is 2.22 bits per heavy atom. The number of nitrogens with zero attached hydrogens (tertiary/aromatic N) is 2.